The van der Waals surface area contributed by atoms with Gasteiger partial charge < -0.3 is 4.42 Å². The van der Waals surface area contributed by atoms with Crippen LogP contribution >= 0.6 is 0 Å². The molecule has 0 amide bonds. The second kappa shape index (κ2) is 13.4. The van der Waals surface area contributed by atoms with Crippen LogP contribution in [0.5, 0.6) is 0 Å². The number of hydrogen-bond acceptors (Lipinski definition) is 4. The highest BCUT2D eigenvalue weighted by atomic mass is 16.3. The van der Waals surface area contributed by atoms with Gasteiger partial charge in [-0.15, -0.1) is 0 Å². The number of rotatable bonds is 5. The predicted molar refractivity (Wildman–Crippen MR) is 251 cm³/mol. The minimum atomic E-state index is -0.436. The summed E-state index contributed by atoms with van der Waals surface area (Å²) in [5.41, 5.74) is 19.1. The summed E-state index contributed by atoms with van der Waals surface area (Å²) in [4.78, 5) is 15.3. The van der Waals surface area contributed by atoms with E-state index in [2.05, 4.69) is 164 Å². The highest BCUT2D eigenvalue weighted by Crippen LogP contribution is 2.64. The maximum Gasteiger partial charge on any atom is 0.164 e. The second-order valence-electron chi connectivity index (χ2n) is 16.3. The Kier molecular flexibility index (Phi) is 7.49. The monoisotopic (exact) mass is 789 g/mol. The fraction of sp³-hybridized carbons (Fsp3) is 0.0172. The molecule has 0 saturated heterocycles. The van der Waals surface area contributed by atoms with Crippen molar-refractivity contribution < 1.29 is 4.42 Å². The summed E-state index contributed by atoms with van der Waals surface area (Å²) in [6.45, 7) is 0. The van der Waals surface area contributed by atoms with E-state index in [1.54, 1.807) is 0 Å². The Bertz CT molecular complexity index is 3520. The van der Waals surface area contributed by atoms with Crippen LogP contribution in [0.1, 0.15) is 22.3 Å². The van der Waals surface area contributed by atoms with E-state index in [0.717, 1.165) is 55.3 Å². The van der Waals surface area contributed by atoms with Crippen molar-refractivity contribution in [2.24, 2.45) is 0 Å². The van der Waals surface area contributed by atoms with Gasteiger partial charge in [-0.1, -0.05) is 188 Å². The summed E-state index contributed by atoms with van der Waals surface area (Å²) in [6.07, 6.45) is 0. The van der Waals surface area contributed by atoms with Gasteiger partial charge in [0, 0.05) is 27.5 Å². The van der Waals surface area contributed by atoms with E-state index in [-0.39, 0.29) is 0 Å². The molecule has 1 spiro atoms. The molecule has 0 radical (unpaired) electrons. The van der Waals surface area contributed by atoms with Crippen molar-refractivity contribution in [3.8, 4) is 78.7 Å². The molecule has 9 aromatic carbocycles. The zero-order valence-electron chi connectivity index (χ0n) is 33.5. The first-order valence-electron chi connectivity index (χ1n) is 21.1. The minimum absolute atomic E-state index is 0.436. The van der Waals surface area contributed by atoms with Crippen LogP contribution in [0.25, 0.3) is 101 Å². The standard InChI is InChI=1S/C58H35N3O/c1-2-14-37(15-3-1)55-59-56(61-57(60-55)41-17-12-16-39(34-41)40-32-33-47-46-21-7-11-27-52(46)62-53(47)35-40)38-30-28-36(29-31-38)42-22-13-23-48-45-20-6-10-26-51(45)58(54(42)48)49-24-8-4-18-43(49)44-19-5-9-25-50(44)58/h1-35H. The number of hydrogen-bond donors (Lipinski definition) is 0. The van der Waals surface area contributed by atoms with E-state index < -0.39 is 5.41 Å². The normalized spacial score (nSPS) is 13.0. The van der Waals surface area contributed by atoms with Crippen molar-refractivity contribution >= 4 is 21.9 Å². The summed E-state index contributed by atoms with van der Waals surface area (Å²) < 4.78 is 6.25. The number of furan rings is 1. The van der Waals surface area contributed by atoms with E-state index in [4.69, 9.17) is 19.4 Å². The van der Waals surface area contributed by atoms with Crippen molar-refractivity contribution in [1.82, 2.24) is 15.0 Å². The van der Waals surface area contributed by atoms with Gasteiger partial charge in [0.25, 0.3) is 0 Å². The first-order chi connectivity index (χ1) is 30.7. The van der Waals surface area contributed by atoms with Crippen LogP contribution in [-0.4, -0.2) is 15.0 Å². The SMILES string of the molecule is c1ccc(-c2nc(-c3ccc(-c4cccc5c4C4(c6ccccc6-c6ccccc64)c4ccccc4-5)cc3)nc(-c3cccc(-c4ccc5c(c4)oc4ccccc45)c3)n2)cc1. The molecule has 2 aliphatic carbocycles. The number of aromatic nitrogens is 3. The molecule has 0 N–H and O–H groups in total. The van der Waals surface area contributed by atoms with Crippen LogP contribution in [0.3, 0.4) is 0 Å². The first-order valence-corrected chi connectivity index (χ1v) is 21.1. The minimum Gasteiger partial charge on any atom is -0.456 e. The molecule has 4 nitrogen and oxygen atoms in total. The van der Waals surface area contributed by atoms with Gasteiger partial charge in [0.1, 0.15) is 11.2 Å². The van der Waals surface area contributed by atoms with Gasteiger partial charge in [0.15, 0.2) is 17.5 Å². The Balaban J connectivity index is 0.931. The maximum atomic E-state index is 6.25. The van der Waals surface area contributed by atoms with E-state index in [1.165, 1.54) is 50.1 Å². The molecule has 0 aliphatic heterocycles. The lowest BCUT2D eigenvalue weighted by molar-refractivity contribution is 0.669. The largest absolute Gasteiger partial charge is 0.456 e. The highest BCUT2D eigenvalue weighted by Gasteiger charge is 2.52. The van der Waals surface area contributed by atoms with E-state index in [0.29, 0.717) is 17.5 Å². The lowest BCUT2D eigenvalue weighted by atomic mass is 9.68. The Morgan fingerprint density at radius 1 is 0.290 bits per heavy atom. The van der Waals surface area contributed by atoms with Gasteiger partial charge in [-0.2, -0.15) is 0 Å². The third-order valence-electron chi connectivity index (χ3n) is 13.0. The highest BCUT2D eigenvalue weighted by molar-refractivity contribution is 6.06. The molecule has 288 valence electrons. The Labute approximate surface area is 358 Å². The van der Waals surface area contributed by atoms with Crippen molar-refractivity contribution in [3.05, 3.63) is 235 Å². The Hall–Kier alpha value is -8.21. The van der Waals surface area contributed by atoms with Crippen LogP contribution in [0.2, 0.25) is 0 Å². The van der Waals surface area contributed by atoms with E-state index in [9.17, 15) is 0 Å². The van der Waals surface area contributed by atoms with Crippen LogP contribution < -0.4 is 0 Å². The molecule has 0 fully saturated rings. The zero-order chi connectivity index (χ0) is 40.8. The van der Waals surface area contributed by atoms with Gasteiger partial charge in [0.2, 0.25) is 0 Å². The fourth-order valence-corrected chi connectivity index (χ4v) is 10.3. The molecule has 2 aliphatic rings. The molecule has 13 rings (SSSR count). The van der Waals surface area contributed by atoms with Gasteiger partial charge in [-0.25, -0.2) is 15.0 Å². The predicted octanol–water partition coefficient (Wildman–Crippen LogP) is 14.4. The number of nitrogens with zero attached hydrogens (tertiary/aromatic N) is 3. The summed E-state index contributed by atoms with van der Waals surface area (Å²) in [6, 6.07) is 75.7. The van der Waals surface area contributed by atoms with Crippen molar-refractivity contribution in [1.29, 1.82) is 0 Å². The van der Waals surface area contributed by atoms with Crippen LogP contribution in [0.15, 0.2) is 217 Å². The quantitative estimate of drug-likeness (QED) is 0.174. The van der Waals surface area contributed by atoms with Crippen LogP contribution in [0, 0.1) is 0 Å². The molecular formula is C58H35N3O. The molecule has 11 aromatic rings. The smallest absolute Gasteiger partial charge is 0.164 e. The summed E-state index contributed by atoms with van der Waals surface area (Å²) in [5, 5.41) is 2.23. The number of fused-ring (bicyclic) bond motifs is 13. The Morgan fingerprint density at radius 2 is 0.742 bits per heavy atom. The van der Waals surface area contributed by atoms with E-state index in [1.807, 2.05) is 48.5 Å². The van der Waals surface area contributed by atoms with Crippen molar-refractivity contribution in [2.75, 3.05) is 0 Å². The molecule has 2 aromatic heterocycles. The zero-order valence-corrected chi connectivity index (χ0v) is 33.5. The molecule has 0 atom stereocenters. The maximum absolute atomic E-state index is 6.25. The summed E-state index contributed by atoms with van der Waals surface area (Å²) in [5.74, 6) is 1.86. The van der Waals surface area contributed by atoms with Crippen LogP contribution in [-0.2, 0) is 5.41 Å². The second-order valence-corrected chi connectivity index (χ2v) is 16.3. The number of benzene rings is 9. The lowest BCUT2D eigenvalue weighted by Crippen LogP contribution is -2.26. The van der Waals surface area contributed by atoms with E-state index >= 15 is 0 Å². The topological polar surface area (TPSA) is 51.8 Å². The molecular weight excluding hydrogens is 755 g/mol. The molecule has 62 heavy (non-hydrogen) atoms. The van der Waals surface area contributed by atoms with Gasteiger partial charge >= 0.3 is 0 Å². The molecule has 4 heteroatoms. The van der Waals surface area contributed by atoms with Gasteiger partial charge in [-0.3, -0.25) is 0 Å². The van der Waals surface area contributed by atoms with Crippen molar-refractivity contribution in [3.63, 3.8) is 0 Å². The molecule has 0 bridgehead atoms. The summed E-state index contributed by atoms with van der Waals surface area (Å²) >= 11 is 0. The van der Waals surface area contributed by atoms with Gasteiger partial charge in [0.05, 0.1) is 5.41 Å². The third-order valence-corrected chi connectivity index (χ3v) is 13.0. The molecule has 2 heterocycles. The Morgan fingerprint density at radius 3 is 1.45 bits per heavy atom. The molecule has 0 saturated carbocycles. The van der Waals surface area contributed by atoms with Gasteiger partial charge in [-0.05, 0) is 91.0 Å². The molecule has 0 unspecified atom stereocenters. The first kappa shape index (κ1) is 34.6. The number of para-hydroxylation sites is 1. The lowest BCUT2D eigenvalue weighted by Gasteiger charge is -2.32. The average molecular weight is 790 g/mol. The van der Waals surface area contributed by atoms with Crippen molar-refractivity contribution in [2.45, 2.75) is 5.41 Å². The third kappa shape index (κ3) is 5.04. The van der Waals surface area contributed by atoms with Crippen LogP contribution in [0.4, 0.5) is 0 Å². The summed E-state index contributed by atoms with van der Waals surface area (Å²) in [7, 11) is 0. The average Bonchev–Trinajstić information content (AvgIpc) is 3.98. The fourth-order valence-electron chi connectivity index (χ4n) is 10.3.